The number of carbonyl (C=O) groups excluding carboxylic acids is 2. The van der Waals surface area contributed by atoms with Gasteiger partial charge in [-0.1, -0.05) is 69.7 Å². The molecule has 2 amide bonds. The lowest BCUT2D eigenvalue weighted by molar-refractivity contribution is -0.123. The van der Waals surface area contributed by atoms with E-state index in [1.807, 2.05) is 32.0 Å². The minimum atomic E-state index is -0.229. The molecule has 1 atom stereocenters. The van der Waals surface area contributed by atoms with Crippen molar-refractivity contribution >= 4 is 17.5 Å². The molecule has 162 valence electrons. The number of para-hydroxylation sites is 1. The molecule has 0 unspecified atom stereocenters. The summed E-state index contributed by atoms with van der Waals surface area (Å²) in [5.74, 6) is -0.0882. The second-order valence-electron chi connectivity index (χ2n) is 8.19. The van der Waals surface area contributed by atoms with E-state index in [-0.39, 0.29) is 30.9 Å². The summed E-state index contributed by atoms with van der Waals surface area (Å²) < 4.78 is 0. The third-order valence-electron chi connectivity index (χ3n) is 5.22. The van der Waals surface area contributed by atoms with Crippen LogP contribution >= 0.6 is 0 Å². The molecule has 0 aliphatic heterocycles. The number of anilines is 1. The number of benzene rings is 2. The van der Waals surface area contributed by atoms with Crippen molar-refractivity contribution in [2.75, 3.05) is 18.4 Å². The van der Waals surface area contributed by atoms with Gasteiger partial charge in [0, 0.05) is 11.7 Å². The molecule has 30 heavy (non-hydrogen) atoms. The SMILES string of the molecule is CCCc1ccc([C@H](NCC(=O)NCC(=O)Nc2c(C)cccc2C)C(C)C)cc1. The molecule has 5 nitrogen and oxygen atoms in total. The van der Waals surface area contributed by atoms with Crippen molar-refractivity contribution in [1.82, 2.24) is 10.6 Å². The van der Waals surface area contributed by atoms with Crippen LogP contribution in [0, 0.1) is 19.8 Å². The molecule has 0 saturated carbocycles. The Bertz CT molecular complexity index is 824. The molecule has 0 heterocycles. The van der Waals surface area contributed by atoms with Crippen LogP contribution in [0.4, 0.5) is 5.69 Å². The molecule has 5 heteroatoms. The van der Waals surface area contributed by atoms with E-state index in [0.717, 1.165) is 29.7 Å². The van der Waals surface area contributed by atoms with Crippen LogP contribution in [-0.2, 0) is 16.0 Å². The molecule has 0 aliphatic rings. The monoisotopic (exact) mass is 409 g/mol. The van der Waals surface area contributed by atoms with Gasteiger partial charge in [-0.2, -0.15) is 0 Å². The van der Waals surface area contributed by atoms with E-state index >= 15 is 0 Å². The van der Waals surface area contributed by atoms with Gasteiger partial charge in [0.2, 0.25) is 11.8 Å². The molecular weight excluding hydrogens is 374 g/mol. The van der Waals surface area contributed by atoms with E-state index < -0.39 is 0 Å². The van der Waals surface area contributed by atoms with Crippen molar-refractivity contribution in [2.45, 2.75) is 53.5 Å². The van der Waals surface area contributed by atoms with Crippen LogP contribution in [0.3, 0.4) is 0 Å². The Hall–Kier alpha value is -2.66. The summed E-state index contributed by atoms with van der Waals surface area (Å²) in [6.07, 6.45) is 2.20. The second-order valence-corrected chi connectivity index (χ2v) is 8.19. The highest BCUT2D eigenvalue weighted by Crippen LogP contribution is 2.22. The highest BCUT2D eigenvalue weighted by molar-refractivity contribution is 5.95. The molecule has 0 bridgehead atoms. The number of nitrogens with one attached hydrogen (secondary N) is 3. The fourth-order valence-electron chi connectivity index (χ4n) is 3.56. The number of hydrogen-bond acceptors (Lipinski definition) is 3. The molecule has 2 aromatic rings. The van der Waals surface area contributed by atoms with Crippen LogP contribution in [0.5, 0.6) is 0 Å². The largest absolute Gasteiger partial charge is 0.346 e. The molecule has 3 N–H and O–H groups in total. The molecular formula is C25H35N3O2. The van der Waals surface area contributed by atoms with E-state index in [0.29, 0.717) is 5.92 Å². The Morgan fingerprint density at radius 2 is 1.53 bits per heavy atom. The molecule has 0 spiro atoms. The summed E-state index contributed by atoms with van der Waals surface area (Å²) in [5.41, 5.74) is 5.31. The normalized spacial score (nSPS) is 11.9. The average Bonchev–Trinajstić information content (AvgIpc) is 2.70. The number of carbonyl (C=O) groups is 2. The van der Waals surface area contributed by atoms with Crippen molar-refractivity contribution in [3.05, 3.63) is 64.7 Å². The smallest absolute Gasteiger partial charge is 0.243 e. The first-order chi connectivity index (χ1) is 14.3. The fourth-order valence-corrected chi connectivity index (χ4v) is 3.56. The Labute approximate surface area is 180 Å². The van der Waals surface area contributed by atoms with Gasteiger partial charge in [0.15, 0.2) is 0 Å². The third kappa shape index (κ3) is 6.99. The van der Waals surface area contributed by atoms with Crippen LogP contribution < -0.4 is 16.0 Å². The number of aryl methyl sites for hydroxylation is 3. The van der Waals surface area contributed by atoms with E-state index in [2.05, 4.69) is 61.0 Å². The molecule has 0 saturated heterocycles. The Kier molecular flexibility index (Phi) is 9.06. The summed E-state index contributed by atoms with van der Waals surface area (Å²) in [6, 6.07) is 14.5. The first kappa shape index (κ1) is 23.6. The van der Waals surface area contributed by atoms with Gasteiger partial charge in [-0.25, -0.2) is 0 Å². The average molecular weight is 410 g/mol. The zero-order valence-corrected chi connectivity index (χ0v) is 18.8. The lowest BCUT2D eigenvalue weighted by Gasteiger charge is -2.23. The van der Waals surface area contributed by atoms with Gasteiger partial charge in [0.25, 0.3) is 0 Å². The van der Waals surface area contributed by atoms with Crippen LogP contribution in [0.1, 0.15) is 55.5 Å². The van der Waals surface area contributed by atoms with Crippen molar-refractivity contribution in [2.24, 2.45) is 5.92 Å². The first-order valence-electron chi connectivity index (χ1n) is 10.8. The molecule has 2 rings (SSSR count). The Morgan fingerprint density at radius 1 is 0.900 bits per heavy atom. The molecule has 0 aliphatic carbocycles. The summed E-state index contributed by atoms with van der Waals surface area (Å²) >= 11 is 0. The zero-order valence-electron chi connectivity index (χ0n) is 18.8. The Morgan fingerprint density at radius 3 is 2.10 bits per heavy atom. The van der Waals surface area contributed by atoms with Crippen molar-refractivity contribution in [3.8, 4) is 0 Å². The minimum Gasteiger partial charge on any atom is -0.346 e. The predicted octanol–water partition coefficient (Wildman–Crippen LogP) is 4.30. The van der Waals surface area contributed by atoms with E-state index in [9.17, 15) is 9.59 Å². The van der Waals surface area contributed by atoms with Crippen molar-refractivity contribution in [3.63, 3.8) is 0 Å². The standard InChI is InChI=1S/C25H35N3O2/c1-6-8-20-11-13-21(14-12-20)24(17(2)3)27-15-22(29)26-16-23(30)28-25-18(4)9-7-10-19(25)5/h7,9-14,17,24,27H,6,8,15-16H2,1-5H3,(H,26,29)(H,28,30)/t24-/m1/s1. The van der Waals surface area contributed by atoms with Gasteiger partial charge in [0.1, 0.15) is 0 Å². The van der Waals surface area contributed by atoms with E-state index in [4.69, 9.17) is 0 Å². The first-order valence-corrected chi connectivity index (χ1v) is 10.8. The third-order valence-corrected chi connectivity index (χ3v) is 5.22. The summed E-state index contributed by atoms with van der Waals surface area (Å²) in [5, 5.41) is 8.92. The number of rotatable bonds is 10. The molecule has 0 aromatic heterocycles. The van der Waals surface area contributed by atoms with Gasteiger partial charge in [-0.05, 0) is 48.4 Å². The van der Waals surface area contributed by atoms with Crippen LogP contribution in [-0.4, -0.2) is 24.9 Å². The van der Waals surface area contributed by atoms with Gasteiger partial charge < -0.3 is 16.0 Å². The number of amides is 2. The number of hydrogen-bond donors (Lipinski definition) is 3. The van der Waals surface area contributed by atoms with Gasteiger partial charge in [-0.15, -0.1) is 0 Å². The topological polar surface area (TPSA) is 70.2 Å². The summed E-state index contributed by atoms with van der Waals surface area (Å²) in [4.78, 5) is 24.5. The van der Waals surface area contributed by atoms with E-state index in [1.54, 1.807) is 0 Å². The van der Waals surface area contributed by atoms with Crippen LogP contribution in [0.25, 0.3) is 0 Å². The summed E-state index contributed by atoms with van der Waals surface area (Å²) in [7, 11) is 0. The maximum Gasteiger partial charge on any atom is 0.243 e. The minimum absolute atomic E-state index is 0.0493. The lowest BCUT2D eigenvalue weighted by Crippen LogP contribution is -2.40. The predicted molar refractivity (Wildman–Crippen MR) is 124 cm³/mol. The molecule has 0 radical (unpaired) electrons. The lowest BCUT2D eigenvalue weighted by atomic mass is 9.94. The second kappa shape index (κ2) is 11.5. The Balaban J connectivity index is 1.85. The maximum atomic E-state index is 12.3. The van der Waals surface area contributed by atoms with Gasteiger partial charge >= 0.3 is 0 Å². The maximum absolute atomic E-state index is 12.3. The molecule has 2 aromatic carbocycles. The highest BCUT2D eigenvalue weighted by atomic mass is 16.2. The van der Waals surface area contributed by atoms with Crippen molar-refractivity contribution in [1.29, 1.82) is 0 Å². The quantitative estimate of drug-likeness (QED) is 0.548. The van der Waals surface area contributed by atoms with Gasteiger partial charge in [-0.3, -0.25) is 9.59 Å². The summed E-state index contributed by atoms with van der Waals surface area (Å²) in [6.45, 7) is 10.5. The highest BCUT2D eigenvalue weighted by Gasteiger charge is 2.17. The van der Waals surface area contributed by atoms with Crippen LogP contribution in [0.15, 0.2) is 42.5 Å². The zero-order chi connectivity index (χ0) is 22.1. The fraction of sp³-hybridized carbons (Fsp3) is 0.440. The molecule has 0 fully saturated rings. The van der Waals surface area contributed by atoms with Crippen molar-refractivity contribution < 1.29 is 9.59 Å². The van der Waals surface area contributed by atoms with Gasteiger partial charge in [0.05, 0.1) is 13.1 Å². The van der Waals surface area contributed by atoms with E-state index in [1.165, 1.54) is 11.1 Å². The van der Waals surface area contributed by atoms with Crippen LogP contribution in [0.2, 0.25) is 0 Å².